The molecular weight excluding hydrogens is 172 g/mol. The van der Waals surface area contributed by atoms with Crippen LogP contribution in [-0.4, -0.2) is 0 Å². The van der Waals surface area contributed by atoms with Crippen molar-refractivity contribution >= 4 is 0 Å². The summed E-state index contributed by atoms with van der Waals surface area (Å²) >= 11 is 0. The van der Waals surface area contributed by atoms with Gasteiger partial charge in [-0.15, -0.1) is 0 Å². The Morgan fingerprint density at radius 3 is 2.07 bits per heavy atom. The summed E-state index contributed by atoms with van der Waals surface area (Å²) in [7, 11) is 0. The molecule has 66 valence electrons. The lowest BCUT2D eigenvalue weighted by atomic mass is 10.0. The van der Waals surface area contributed by atoms with Gasteiger partial charge in [-0.3, -0.25) is 0 Å². The van der Waals surface area contributed by atoms with Crippen molar-refractivity contribution in [3.05, 3.63) is 59.7 Å². The predicted molar refractivity (Wildman–Crippen MR) is 53.4 cm³/mol. The monoisotopic (exact) mass is 180 g/mol. The van der Waals surface area contributed by atoms with Crippen LogP contribution in [0.2, 0.25) is 0 Å². The summed E-state index contributed by atoms with van der Waals surface area (Å²) in [6.45, 7) is 0. The van der Waals surface area contributed by atoms with Gasteiger partial charge in [0.25, 0.3) is 0 Å². The maximum atomic E-state index is 5.74. The van der Waals surface area contributed by atoms with Gasteiger partial charge < -0.3 is 4.74 Å². The third kappa shape index (κ3) is 1.10. The molecule has 0 N–H and O–H groups in total. The summed E-state index contributed by atoms with van der Waals surface area (Å²) in [6, 6.07) is 17.7. The lowest BCUT2D eigenvalue weighted by Crippen LogP contribution is -2.01. The minimum Gasteiger partial charge on any atom is -0.457 e. The fourth-order valence-corrected chi connectivity index (χ4v) is 1.70. The van der Waals surface area contributed by atoms with Gasteiger partial charge in [-0.05, 0) is 47.5 Å². The number of hydrogen-bond donors (Lipinski definition) is 0. The van der Waals surface area contributed by atoms with E-state index in [-0.39, 0.29) is 0 Å². The number of ether oxygens (including phenoxy) is 1. The highest BCUT2D eigenvalue weighted by molar-refractivity contribution is 5.48. The molecular formula is C13H8O. The molecule has 2 aromatic carbocycles. The molecule has 2 radical (unpaired) electrons. The number of rotatable bonds is 0. The normalized spacial score (nSPS) is 12.6. The van der Waals surface area contributed by atoms with E-state index in [1.807, 2.05) is 36.4 Å². The molecule has 0 bridgehead atoms. The van der Waals surface area contributed by atoms with Crippen molar-refractivity contribution in [3.63, 3.8) is 0 Å². The molecule has 1 aliphatic rings. The van der Waals surface area contributed by atoms with E-state index in [2.05, 4.69) is 12.1 Å². The van der Waals surface area contributed by atoms with E-state index in [0.717, 1.165) is 17.9 Å². The van der Waals surface area contributed by atoms with Crippen LogP contribution >= 0.6 is 0 Å². The summed E-state index contributed by atoms with van der Waals surface area (Å²) in [5, 5.41) is 0. The van der Waals surface area contributed by atoms with Gasteiger partial charge in [0.05, 0.1) is 0 Å². The van der Waals surface area contributed by atoms with Gasteiger partial charge in [-0.1, -0.05) is 12.1 Å². The first-order valence-electron chi connectivity index (χ1n) is 4.59. The van der Waals surface area contributed by atoms with Crippen molar-refractivity contribution in [1.82, 2.24) is 0 Å². The highest BCUT2D eigenvalue weighted by Gasteiger charge is 2.14. The van der Waals surface area contributed by atoms with Crippen LogP contribution < -0.4 is 4.74 Å². The second-order valence-corrected chi connectivity index (χ2v) is 3.35. The van der Waals surface area contributed by atoms with Gasteiger partial charge >= 0.3 is 0 Å². The zero-order valence-electron chi connectivity index (χ0n) is 7.58. The van der Waals surface area contributed by atoms with Gasteiger partial charge in [0.15, 0.2) is 0 Å². The highest BCUT2D eigenvalue weighted by atomic mass is 16.5. The second kappa shape index (κ2) is 2.88. The molecule has 0 unspecified atom stereocenters. The first-order valence-corrected chi connectivity index (χ1v) is 4.59. The number of fused-ring (bicyclic) bond motifs is 2. The molecule has 14 heavy (non-hydrogen) atoms. The number of hydrogen-bond acceptors (Lipinski definition) is 1. The highest BCUT2D eigenvalue weighted by Crippen LogP contribution is 2.35. The Hall–Kier alpha value is -1.76. The molecule has 3 rings (SSSR count). The summed E-state index contributed by atoms with van der Waals surface area (Å²) < 4.78 is 5.74. The molecule has 0 aliphatic carbocycles. The van der Waals surface area contributed by atoms with Crippen LogP contribution in [0.15, 0.2) is 36.4 Å². The van der Waals surface area contributed by atoms with Crippen LogP contribution in [-0.2, 0) is 6.42 Å². The third-order valence-corrected chi connectivity index (χ3v) is 2.41. The maximum Gasteiger partial charge on any atom is 0.131 e. The Bertz CT molecular complexity index is 387. The Morgan fingerprint density at radius 1 is 0.929 bits per heavy atom. The average molecular weight is 180 g/mol. The quantitative estimate of drug-likeness (QED) is 0.516. The van der Waals surface area contributed by atoms with Crippen molar-refractivity contribution in [2.24, 2.45) is 0 Å². The van der Waals surface area contributed by atoms with E-state index in [0.29, 0.717) is 0 Å². The Morgan fingerprint density at radius 2 is 1.50 bits per heavy atom. The van der Waals surface area contributed by atoms with E-state index in [4.69, 9.17) is 4.74 Å². The standard InChI is InChI=1S/C13H8O/c1-3-7-12-10(5-1)9-11-6-2-4-8-13(11)14-12/h3-8H,9H2. The maximum absolute atomic E-state index is 5.74. The van der Waals surface area contributed by atoms with Crippen LogP contribution in [0, 0.1) is 12.1 Å². The summed E-state index contributed by atoms with van der Waals surface area (Å²) in [4.78, 5) is 0. The van der Waals surface area contributed by atoms with E-state index in [1.165, 1.54) is 11.1 Å². The molecule has 1 aliphatic heterocycles. The fraction of sp³-hybridized carbons (Fsp3) is 0.0769. The molecule has 0 saturated heterocycles. The van der Waals surface area contributed by atoms with Crippen molar-refractivity contribution in [3.8, 4) is 11.5 Å². The van der Waals surface area contributed by atoms with Gasteiger partial charge in [0.1, 0.15) is 11.5 Å². The molecule has 2 aromatic rings. The van der Waals surface area contributed by atoms with Crippen molar-refractivity contribution in [2.75, 3.05) is 0 Å². The zero-order chi connectivity index (χ0) is 9.38. The molecule has 1 heterocycles. The minimum absolute atomic E-state index is 0.916. The molecule has 1 nitrogen and oxygen atoms in total. The van der Waals surface area contributed by atoms with Crippen molar-refractivity contribution in [1.29, 1.82) is 0 Å². The summed E-state index contributed by atoms with van der Waals surface area (Å²) in [5.41, 5.74) is 2.39. The molecule has 0 amide bonds. The van der Waals surface area contributed by atoms with Crippen LogP contribution in [0.1, 0.15) is 11.1 Å². The fourth-order valence-electron chi connectivity index (χ4n) is 1.70. The summed E-state index contributed by atoms with van der Waals surface area (Å²) in [6.07, 6.45) is 0.916. The smallest absolute Gasteiger partial charge is 0.131 e. The topological polar surface area (TPSA) is 9.23 Å². The second-order valence-electron chi connectivity index (χ2n) is 3.35. The van der Waals surface area contributed by atoms with Gasteiger partial charge in [0.2, 0.25) is 0 Å². The first kappa shape index (κ1) is 7.63. The Labute approximate surface area is 83.0 Å². The van der Waals surface area contributed by atoms with Crippen molar-refractivity contribution < 1.29 is 4.74 Å². The average Bonchev–Trinajstić information content (AvgIpc) is 2.26. The van der Waals surface area contributed by atoms with Gasteiger partial charge in [0, 0.05) is 6.42 Å². The molecule has 0 atom stereocenters. The molecule has 0 fully saturated rings. The zero-order valence-corrected chi connectivity index (χ0v) is 7.58. The first-order chi connectivity index (χ1) is 6.93. The van der Waals surface area contributed by atoms with Crippen LogP contribution in [0.4, 0.5) is 0 Å². The Kier molecular flexibility index (Phi) is 1.57. The number of benzene rings is 2. The van der Waals surface area contributed by atoms with E-state index >= 15 is 0 Å². The molecule has 0 saturated carbocycles. The molecule has 0 aromatic heterocycles. The third-order valence-electron chi connectivity index (χ3n) is 2.41. The Balaban J connectivity index is 2.12. The van der Waals surface area contributed by atoms with Crippen LogP contribution in [0.3, 0.4) is 0 Å². The SMILES string of the molecule is [c]1ccc2c(c1)Cc1c[c]ccc1O2. The van der Waals surface area contributed by atoms with Gasteiger partial charge in [-0.25, -0.2) is 0 Å². The van der Waals surface area contributed by atoms with E-state index in [9.17, 15) is 0 Å². The van der Waals surface area contributed by atoms with Gasteiger partial charge in [-0.2, -0.15) is 0 Å². The lowest BCUT2D eigenvalue weighted by Gasteiger charge is -2.19. The molecule has 1 heteroatoms. The summed E-state index contributed by atoms with van der Waals surface area (Å²) in [5.74, 6) is 1.89. The van der Waals surface area contributed by atoms with Crippen molar-refractivity contribution in [2.45, 2.75) is 6.42 Å². The lowest BCUT2D eigenvalue weighted by molar-refractivity contribution is 0.460. The van der Waals surface area contributed by atoms with Crippen LogP contribution in [0.5, 0.6) is 11.5 Å². The predicted octanol–water partition coefficient (Wildman–Crippen LogP) is 2.98. The largest absolute Gasteiger partial charge is 0.457 e. The van der Waals surface area contributed by atoms with E-state index in [1.54, 1.807) is 0 Å². The van der Waals surface area contributed by atoms with Crippen LogP contribution in [0.25, 0.3) is 0 Å². The minimum atomic E-state index is 0.916. The molecule has 0 spiro atoms. The van der Waals surface area contributed by atoms with E-state index < -0.39 is 0 Å².